The lowest BCUT2D eigenvalue weighted by atomic mass is 10.0. The Morgan fingerprint density at radius 3 is 2.67 bits per heavy atom. The molecule has 1 saturated heterocycles. The van der Waals surface area contributed by atoms with Crippen molar-refractivity contribution in [1.29, 1.82) is 0 Å². The fourth-order valence-electron chi connectivity index (χ4n) is 2.31. The van der Waals surface area contributed by atoms with Gasteiger partial charge in [-0.05, 0) is 31.7 Å². The summed E-state index contributed by atoms with van der Waals surface area (Å²) in [6.07, 6.45) is 6.09. The van der Waals surface area contributed by atoms with Crippen molar-refractivity contribution in [1.82, 2.24) is 15.3 Å². The summed E-state index contributed by atoms with van der Waals surface area (Å²) in [5.74, 6) is 1.54. The van der Waals surface area contributed by atoms with E-state index in [2.05, 4.69) is 41.0 Å². The van der Waals surface area contributed by atoms with E-state index in [1.165, 1.54) is 12.8 Å². The van der Waals surface area contributed by atoms with Crippen molar-refractivity contribution in [3.63, 3.8) is 0 Å². The Morgan fingerprint density at radius 2 is 2.00 bits per heavy atom. The summed E-state index contributed by atoms with van der Waals surface area (Å²) in [4.78, 5) is 11.0. The molecule has 0 aliphatic carbocycles. The highest BCUT2D eigenvalue weighted by Gasteiger charge is 2.23. The SMILES string of the molecule is CC(C)C(C)NC1CCCN(c2ncccn2)C1. The van der Waals surface area contributed by atoms with Gasteiger partial charge in [-0.1, -0.05) is 13.8 Å². The molecule has 2 heterocycles. The summed E-state index contributed by atoms with van der Waals surface area (Å²) in [7, 11) is 0. The number of aromatic nitrogens is 2. The fraction of sp³-hybridized carbons (Fsp3) is 0.714. The Bertz CT molecular complexity index is 352. The summed E-state index contributed by atoms with van der Waals surface area (Å²) in [5, 5.41) is 3.72. The molecule has 1 fully saturated rings. The standard InChI is InChI=1S/C14H24N4/c1-11(2)12(3)17-13-6-4-9-18(10-13)14-15-7-5-8-16-14/h5,7-8,11-13,17H,4,6,9-10H2,1-3H3. The second-order valence-corrected chi connectivity index (χ2v) is 5.53. The van der Waals surface area contributed by atoms with E-state index in [1.54, 1.807) is 0 Å². The van der Waals surface area contributed by atoms with Gasteiger partial charge in [0, 0.05) is 37.6 Å². The third-order valence-corrected chi connectivity index (χ3v) is 3.75. The summed E-state index contributed by atoms with van der Waals surface area (Å²) >= 11 is 0. The summed E-state index contributed by atoms with van der Waals surface area (Å²) in [6, 6.07) is 2.98. The molecule has 1 N–H and O–H groups in total. The van der Waals surface area contributed by atoms with E-state index in [-0.39, 0.29) is 0 Å². The Labute approximate surface area is 110 Å². The van der Waals surface area contributed by atoms with Gasteiger partial charge in [-0.15, -0.1) is 0 Å². The Balaban J connectivity index is 1.93. The number of nitrogens with zero attached hydrogens (tertiary/aromatic N) is 3. The minimum atomic E-state index is 0.556. The minimum Gasteiger partial charge on any atom is -0.339 e. The van der Waals surface area contributed by atoms with Gasteiger partial charge in [0.1, 0.15) is 0 Å². The minimum absolute atomic E-state index is 0.556. The maximum atomic E-state index is 4.34. The zero-order valence-corrected chi connectivity index (χ0v) is 11.6. The first-order chi connectivity index (χ1) is 8.66. The van der Waals surface area contributed by atoms with Crippen molar-refractivity contribution >= 4 is 5.95 Å². The predicted octanol–water partition coefficient (Wildman–Crippen LogP) is 2.08. The Hall–Kier alpha value is -1.16. The van der Waals surface area contributed by atoms with E-state index in [4.69, 9.17) is 0 Å². The molecular weight excluding hydrogens is 224 g/mol. The van der Waals surface area contributed by atoms with Gasteiger partial charge in [0.25, 0.3) is 0 Å². The molecule has 0 spiro atoms. The summed E-state index contributed by atoms with van der Waals surface area (Å²) in [6.45, 7) is 8.87. The largest absolute Gasteiger partial charge is 0.339 e. The number of piperidine rings is 1. The number of nitrogens with one attached hydrogen (secondary N) is 1. The van der Waals surface area contributed by atoms with Crippen LogP contribution in [0.5, 0.6) is 0 Å². The van der Waals surface area contributed by atoms with Gasteiger partial charge in [-0.2, -0.15) is 0 Å². The molecule has 100 valence electrons. The molecule has 2 unspecified atom stereocenters. The van der Waals surface area contributed by atoms with Crippen LogP contribution in [0.2, 0.25) is 0 Å². The van der Waals surface area contributed by atoms with E-state index in [0.29, 0.717) is 18.0 Å². The first-order valence-corrected chi connectivity index (χ1v) is 6.95. The number of hydrogen-bond donors (Lipinski definition) is 1. The highest BCUT2D eigenvalue weighted by Crippen LogP contribution is 2.16. The molecule has 0 amide bonds. The molecule has 1 aromatic heterocycles. The molecule has 1 aromatic rings. The molecule has 0 radical (unpaired) electrons. The monoisotopic (exact) mass is 248 g/mol. The quantitative estimate of drug-likeness (QED) is 0.885. The third-order valence-electron chi connectivity index (χ3n) is 3.75. The lowest BCUT2D eigenvalue weighted by Crippen LogP contribution is -2.50. The van der Waals surface area contributed by atoms with Crippen LogP contribution in [-0.2, 0) is 0 Å². The van der Waals surface area contributed by atoms with Crippen LogP contribution in [0.4, 0.5) is 5.95 Å². The molecule has 2 atom stereocenters. The van der Waals surface area contributed by atoms with Crippen LogP contribution < -0.4 is 10.2 Å². The van der Waals surface area contributed by atoms with Crippen LogP contribution in [0.3, 0.4) is 0 Å². The van der Waals surface area contributed by atoms with Gasteiger partial charge in [-0.25, -0.2) is 9.97 Å². The van der Waals surface area contributed by atoms with Crippen molar-refractivity contribution in [2.24, 2.45) is 5.92 Å². The number of anilines is 1. The van der Waals surface area contributed by atoms with E-state index in [1.807, 2.05) is 18.5 Å². The molecule has 1 aliphatic rings. The van der Waals surface area contributed by atoms with Gasteiger partial charge in [0.05, 0.1) is 0 Å². The average molecular weight is 248 g/mol. The number of hydrogen-bond acceptors (Lipinski definition) is 4. The molecule has 2 rings (SSSR count). The fourth-order valence-corrected chi connectivity index (χ4v) is 2.31. The maximum Gasteiger partial charge on any atom is 0.225 e. The highest BCUT2D eigenvalue weighted by molar-refractivity contribution is 5.29. The van der Waals surface area contributed by atoms with Crippen LogP contribution in [-0.4, -0.2) is 35.1 Å². The molecule has 0 bridgehead atoms. The maximum absolute atomic E-state index is 4.34. The normalized spacial score (nSPS) is 22.2. The second-order valence-electron chi connectivity index (χ2n) is 5.53. The van der Waals surface area contributed by atoms with Gasteiger partial charge in [-0.3, -0.25) is 0 Å². The van der Waals surface area contributed by atoms with E-state index in [0.717, 1.165) is 19.0 Å². The van der Waals surface area contributed by atoms with Crippen molar-refractivity contribution in [2.75, 3.05) is 18.0 Å². The highest BCUT2D eigenvalue weighted by atomic mass is 15.3. The van der Waals surface area contributed by atoms with E-state index >= 15 is 0 Å². The number of rotatable bonds is 4. The van der Waals surface area contributed by atoms with E-state index in [9.17, 15) is 0 Å². The Kier molecular flexibility index (Phi) is 4.53. The van der Waals surface area contributed by atoms with Crippen LogP contribution in [0.15, 0.2) is 18.5 Å². The van der Waals surface area contributed by atoms with Crippen molar-refractivity contribution in [2.45, 2.75) is 45.7 Å². The van der Waals surface area contributed by atoms with Crippen molar-refractivity contribution in [3.05, 3.63) is 18.5 Å². The second kappa shape index (κ2) is 6.14. The zero-order valence-electron chi connectivity index (χ0n) is 11.6. The third kappa shape index (κ3) is 3.42. The van der Waals surface area contributed by atoms with Crippen molar-refractivity contribution in [3.8, 4) is 0 Å². The summed E-state index contributed by atoms with van der Waals surface area (Å²) in [5.41, 5.74) is 0. The molecule has 4 heteroatoms. The van der Waals surface area contributed by atoms with Crippen LogP contribution in [0.25, 0.3) is 0 Å². The van der Waals surface area contributed by atoms with Crippen LogP contribution in [0.1, 0.15) is 33.6 Å². The summed E-state index contributed by atoms with van der Waals surface area (Å²) < 4.78 is 0. The van der Waals surface area contributed by atoms with E-state index < -0.39 is 0 Å². The molecule has 4 nitrogen and oxygen atoms in total. The molecule has 0 aromatic carbocycles. The topological polar surface area (TPSA) is 41.0 Å². The molecule has 18 heavy (non-hydrogen) atoms. The Morgan fingerprint density at radius 1 is 1.28 bits per heavy atom. The average Bonchev–Trinajstić information content (AvgIpc) is 2.40. The van der Waals surface area contributed by atoms with Crippen LogP contribution >= 0.6 is 0 Å². The lowest BCUT2D eigenvalue weighted by Gasteiger charge is -2.35. The smallest absolute Gasteiger partial charge is 0.225 e. The van der Waals surface area contributed by atoms with Crippen molar-refractivity contribution < 1.29 is 0 Å². The first kappa shape index (κ1) is 13.3. The molecule has 0 saturated carbocycles. The lowest BCUT2D eigenvalue weighted by molar-refractivity contribution is 0.336. The van der Waals surface area contributed by atoms with Crippen LogP contribution in [0, 0.1) is 5.92 Å². The molecule has 1 aliphatic heterocycles. The zero-order chi connectivity index (χ0) is 13.0. The van der Waals surface area contributed by atoms with Gasteiger partial charge in [0.15, 0.2) is 0 Å². The first-order valence-electron chi connectivity index (χ1n) is 6.95. The predicted molar refractivity (Wildman–Crippen MR) is 74.7 cm³/mol. The molecular formula is C14H24N4. The van der Waals surface area contributed by atoms with Gasteiger partial charge in [0.2, 0.25) is 5.95 Å². The van der Waals surface area contributed by atoms with Gasteiger partial charge >= 0.3 is 0 Å². The van der Waals surface area contributed by atoms with Gasteiger partial charge < -0.3 is 10.2 Å².